The molecule has 54 heavy (non-hydrogen) atoms. The van der Waals surface area contributed by atoms with Gasteiger partial charge in [0.15, 0.2) is 0 Å². The maximum atomic E-state index is 12.5. The van der Waals surface area contributed by atoms with Crippen molar-refractivity contribution in [1.29, 1.82) is 0 Å². The van der Waals surface area contributed by atoms with Gasteiger partial charge in [0.2, 0.25) is 0 Å². The van der Waals surface area contributed by atoms with Crippen molar-refractivity contribution in [2.75, 3.05) is 5.73 Å². The number of hydrogen-bond donors (Lipinski definition) is 3. The van der Waals surface area contributed by atoms with Crippen LogP contribution in [0.3, 0.4) is 0 Å². The zero-order valence-electron chi connectivity index (χ0n) is 28.9. The third-order valence-electron chi connectivity index (χ3n) is 7.63. The van der Waals surface area contributed by atoms with Crippen molar-refractivity contribution >= 4 is 129 Å². The van der Waals surface area contributed by atoms with E-state index in [9.17, 15) is 34.4 Å². The molecule has 2 radical (unpaired) electrons. The second-order valence-electron chi connectivity index (χ2n) is 11.3. The minimum absolute atomic E-state index is 0. The summed E-state index contributed by atoms with van der Waals surface area (Å²) >= 11 is 0. The number of fused-ring (bicyclic) bond motifs is 1. The van der Waals surface area contributed by atoms with Crippen LogP contribution in [-0.2, 0) is 30.4 Å². The van der Waals surface area contributed by atoms with Crippen molar-refractivity contribution in [1.82, 2.24) is 0 Å². The smallest absolute Gasteiger partial charge is 0.339 e. The van der Waals surface area contributed by atoms with E-state index in [1.807, 2.05) is 19.1 Å². The second kappa shape index (κ2) is 17.3. The quantitative estimate of drug-likeness (QED) is 0.0401. The molecule has 19 heteroatoms. The number of azo groups is 2. The first kappa shape index (κ1) is 42.9. The van der Waals surface area contributed by atoms with Crippen molar-refractivity contribution in [3.8, 4) is 16.9 Å². The van der Waals surface area contributed by atoms with Crippen LogP contribution < -0.4 is 9.92 Å². The van der Waals surface area contributed by atoms with Crippen molar-refractivity contribution in [3.63, 3.8) is 0 Å². The fraction of sp³-hybridized carbons (Fsp3) is 0.0286. The minimum Gasteiger partial charge on any atom is -0.396 e. The van der Waals surface area contributed by atoms with E-state index in [2.05, 4.69) is 20.5 Å². The third-order valence-corrected chi connectivity index (χ3v) is 10.6. The first-order valence-corrected chi connectivity index (χ1v) is 19.3. The number of nitrogen functional groups attached to an aromatic ring is 1. The second-order valence-corrected chi connectivity index (χ2v) is 15.7. The SMILES string of the molecule is Cc1ccc(S(=O)(=O)Oc2ccc(N=Nc3ccc(-c4ccc(N=Nc5c(N)c(S(=O)(=O)O)cc6cc(S(=O)(=O)O)ccc56)cc4)cc3)cc2)cc1.[Na].[Na]. The molecule has 0 amide bonds. The van der Waals surface area contributed by atoms with Gasteiger partial charge >= 0.3 is 10.1 Å². The molecule has 0 spiro atoms. The summed E-state index contributed by atoms with van der Waals surface area (Å²) < 4.78 is 96.7. The van der Waals surface area contributed by atoms with E-state index in [0.29, 0.717) is 17.1 Å². The molecule has 0 saturated carbocycles. The summed E-state index contributed by atoms with van der Waals surface area (Å²) in [6.07, 6.45) is 0. The van der Waals surface area contributed by atoms with E-state index in [0.717, 1.165) is 34.9 Å². The van der Waals surface area contributed by atoms with Gasteiger partial charge in [0, 0.05) is 64.5 Å². The van der Waals surface area contributed by atoms with Gasteiger partial charge in [-0.2, -0.15) is 40.6 Å². The van der Waals surface area contributed by atoms with Gasteiger partial charge in [-0.1, -0.05) is 48.0 Å². The molecule has 266 valence electrons. The van der Waals surface area contributed by atoms with E-state index in [1.165, 1.54) is 30.3 Å². The third kappa shape index (κ3) is 10.3. The van der Waals surface area contributed by atoms with Crippen molar-refractivity contribution in [2.45, 2.75) is 21.6 Å². The topological polar surface area (TPSA) is 228 Å². The molecule has 0 aliphatic heterocycles. The maximum absolute atomic E-state index is 12.5. The normalized spacial score (nSPS) is 12.1. The fourth-order valence-electron chi connectivity index (χ4n) is 4.95. The Morgan fingerprint density at radius 3 is 1.50 bits per heavy atom. The Hall–Kier alpha value is -3.85. The summed E-state index contributed by atoms with van der Waals surface area (Å²) in [5, 5.41) is 17.0. The first-order valence-electron chi connectivity index (χ1n) is 15.0. The molecule has 6 aromatic rings. The molecule has 0 unspecified atom stereocenters. The van der Waals surface area contributed by atoms with E-state index < -0.39 is 45.8 Å². The summed E-state index contributed by atoms with van der Waals surface area (Å²) in [6.45, 7) is 1.86. The molecular weight excluding hydrogens is 777 g/mol. The van der Waals surface area contributed by atoms with Gasteiger partial charge in [0.1, 0.15) is 21.2 Å². The predicted octanol–water partition coefficient (Wildman–Crippen LogP) is 7.73. The van der Waals surface area contributed by atoms with E-state index in [-0.39, 0.29) is 86.2 Å². The van der Waals surface area contributed by atoms with Crippen LogP contribution in [0.5, 0.6) is 5.75 Å². The molecule has 0 aliphatic rings. The van der Waals surface area contributed by atoms with Crippen molar-refractivity contribution in [2.24, 2.45) is 20.5 Å². The molecule has 0 saturated heterocycles. The Morgan fingerprint density at radius 2 is 1.02 bits per heavy atom. The molecule has 14 nitrogen and oxygen atoms in total. The molecular formula is C35H27N5Na2O9S3. The molecule has 0 atom stereocenters. The van der Waals surface area contributed by atoms with Crippen LogP contribution in [0, 0.1) is 6.92 Å². The number of nitrogens with two attached hydrogens (primary N) is 1. The standard InChI is InChI=1S/C35H27N5O9S3.2Na/c1-22-2-16-30(17-3-22)52(47,48)49-29-14-12-28(13-15-29)38-37-26-8-4-23(5-9-26)24-6-10-27(11-7-24)39-40-35-32-19-18-31(50(41,42)43)20-25(32)21-33(34(35)36)51(44,45)46;;/h2-21H,36H2,1H3,(H,41,42,43)(H,44,45,46);;. The number of hydrogen-bond acceptors (Lipinski definition) is 12. The number of aryl methyl sites for hydroxylation is 1. The molecule has 0 bridgehead atoms. The number of rotatable bonds is 10. The summed E-state index contributed by atoms with van der Waals surface area (Å²) in [5.41, 5.74) is 9.54. The Morgan fingerprint density at radius 1 is 0.556 bits per heavy atom. The molecule has 0 aromatic heterocycles. The zero-order chi connectivity index (χ0) is 37.3. The van der Waals surface area contributed by atoms with Crippen LogP contribution in [0.2, 0.25) is 0 Å². The molecule has 0 heterocycles. The maximum Gasteiger partial charge on any atom is 0.339 e. The Bertz CT molecular complexity index is 2710. The largest absolute Gasteiger partial charge is 0.396 e. The van der Waals surface area contributed by atoms with Gasteiger partial charge in [-0.05, 0) is 102 Å². The van der Waals surface area contributed by atoms with Crippen LogP contribution in [0.4, 0.5) is 28.4 Å². The Labute approximate surface area is 355 Å². The molecule has 4 N–H and O–H groups in total. The van der Waals surface area contributed by atoms with Crippen LogP contribution in [0.1, 0.15) is 5.56 Å². The summed E-state index contributed by atoms with van der Waals surface area (Å²) in [6, 6.07) is 31.0. The Kier molecular flexibility index (Phi) is 13.7. The summed E-state index contributed by atoms with van der Waals surface area (Å²) in [5.74, 6) is 0.136. The van der Waals surface area contributed by atoms with Crippen molar-refractivity contribution in [3.05, 3.63) is 127 Å². The van der Waals surface area contributed by atoms with Crippen LogP contribution in [0.15, 0.2) is 156 Å². The van der Waals surface area contributed by atoms with Gasteiger partial charge in [-0.25, -0.2) is 0 Å². The van der Waals surface area contributed by atoms with Crippen LogP contribution in [-0.4, -0.2) is 93.5 Å². The molecule has 0 fully saturated rings. The van der Waals surface area contributed by atoms with Gasteiger partial charge in [0.25, 0.3) is 20.2 Å². The van der Waals surface area contributed by atoms with Gasteiger partial charge < -0.3 is 9.92 Å². The van der Waals surface area contributed by atoms with Gasteiger partial charge in [-0.3, -0.25) is 9.11 Å². The van der Waals surface area contributed by atoms with Crippen LogP contribution in [0.25, 0.3) is 21.9 Å². The Balaban J connectivity index is 0.00000325. The van der Waals surface area contributed by atoms with Crippen molar-refractivity contribution < 1.29 is 38.5 Å². The average molecular weight is 804 g/mol. The summed E-state index contributed by atoms with van der Waals surface area (Å²) in [4.78, 5) is -1.14. The molecule has 6 aromatic carbocycles. The minimum atomic E-state index is -4.83. The van der Waals surface area contributed by atoms with Gasteiger partial charge in [-0.15, -0.1) is 5.11 Å². The number of benzene rings is 6. The van der Waals surface area contributed by atoms with E-state index >= 15 is 0 Å². The van der Waals surface area contributed by atoms with E-state index in [1.54, 1.807) is 60.7 Å². The fourth-order valence-corrected chi connectivity index (χ4v) is 7.05. The first-order chi connectivity index (χ1) is 24.6. The molecule has 6 rings (SSSR count). The average Bonchev–Trinajstić information content (AvgIpc) is 3.10. The number of nitrogens with zero attached hydrogens (tertiary/aromatic N) is 4. The predicted molar refractivity (Wildman–Crippen MR) is 205 cm³/mol. The van der Waals surface area contributed by atoms with E-state index in [4.69, 9.17) is 9.92 Å². The van der Waals surface area contributed by atoms with Gasteiger partial charge in [0.05, 0.1) is 27.6 Å². The monoisotopic (exact) mass is 803 g/mol. The zero-order valence-corrected chi connectivity index (χ0v) is 35.3. The van der Waals surface area contributed by atoms with Crippen LogP contribution >= 0.6 is 0 Å². The molecule has 0 aliphatic carbocycles. The summed E-state index contributed by atoms with van der Waals surface area (Å²) in [7, 11) is -13.4. The number of anilines is 1.